The zero-order valence-electron chi connectivity index (χ0n) is 21.0. The van der Waals surface area contributed by atoms with Crippen molar-refractivity contribution in [2.45, 2.75) is 58.0 Å². The van der Waals surface area contributed by atoms with Gasteiger partial charge in [-0.05, 0) is 93.2 Å². The smallest absolute Gasteiger partial charge is 0.330 e. The van der Waals surface area contributed by atoms with Crippen LogP contribution in [0.3, 0.4) is 0 Å². The lowest BCUT2D eigenvalue weighted by atomic mass is 9.44. The Labute approximate surface area is 210 Å². The lowest BCUT2D eigenvalue weighted by molar-refractivity contribution is -0.145. The van der Waals surface area contributed by atoms with E-state index in [4.69, 9.17) is 4.74 Å². The van der Waals surface area contributed by atoms with Crippen LogP contribution in [-0.4, -0.2) is 34.5 Å². The number of fused-ring (bicyclic) bond motifs is 3. The summed E-state index contributed by atoms with van der Waals surface area (Å²) in [5.41, 5.74) is 3.37. The van der Waals surface area contributed by atoms with Crippen LogP contribution >= 0.6 is 0 Å². The molecule has 2 heterocycles. The number of H-pyrrole nitrogens is 1. The normalized spacial score (nSPS) is 26.5. The van der Waals surface area contributed by atoms with E-state index in [1.807, 2.05) is 18.2 Å². The van der Waals surface area contributed by atoms with E-state index in [-0.39, 0.29) is 23.1 Å². The van der Waals surface area contributed by atoms with Gasteiger partial charge in [0.1, 0.15) is 11.6 Å². The number of rotatable bonds is 6. The number of hydrogen-bond donors (Lipinski definition) is 1. The molecule has 2 aromatic carbocycles. The maximum Gasteiger partial charge on any atom is 0.330 e. The quantitative estimate of drug-likeness (QED) is 0.315. The fourth-order valence-electron chi connectivity index (χ4n) is 6.82. The molecule has 0 spiro atoms. The highest BCUT2D eigenvalue weighted by Gasteiger charge is 2.59. The standard InChI is InChI=1S/C30H32F2N2O2/c1-4-36-25(35)10-9-18-11-22(31)26(23(32)12-18)28-27-21(20-7-5-6-8-24(20)33-27)16-29(2,3)34(28)17-30-13-19(14-30)15-30/h5-12,19,28,33H,4,13-17H2,1-3H3/b10-9+. The third-order valence-electron chi connectivity index (χ3n) is 8.56. The number of hydrogen-bond acceptors (Lipinski definition) is 3. The molecule has 1 aliphatic heterocycles. The molecule has 1 unspecified atom stereocenters. The molecule has 3 fully saturated rings. The van der Waals surface area contributed by atoms with E-state index in [9.17, 15) is 4.79 Å². The minimum atomic E-state index is -0.603. The minimum absolute atomic E-state index is 0.0652. The van der Waals surface area contributed by atoms with Crippen molar-refractivity contribution < 1.29 is 18.3 Å². The average molecular weight is 491 g/mol. The molecule has 1 N–H and O–H groups in total. The molecule has 7 rings (SSSR count). The van der Waals surface area contributed by atoms with Gasteiger partial charge in [-0.1, -0.05) is 18.2 Å². The lowest BCUT2D eigenvalue weighted by Gasteiger charge is -2.65. The zero-order chi connectivity index (χ0) is 25.2. The molecule has 3 saturated carbocycles. The van der Waals surface area contributed by atoms with E-state index in [0.29, 0.717) is 5.56 Å². The Morgan fingerprint density at radius 2 is 1.86 bits per heavy atom. The van der Waals surface area contributed by atoms with Crippen molar-refractivity contribution in [3.05, 3.63) is 76.5 Å². The third-order valence-corrected chi connectivity index (χ3v) is 8.56. The number of nitrogens with zero attached hydrogens (tertiary/aromatic N) is 1. The molecular formula is C30H32F2N2O2. The molecule has 3 aliphatic carbocycles. The number of para-hydroxylation sites is 1. The summed E-state index contributed by atoms with van der Waals surface area (Å²) in [4.78, 5) is 17.6. The van der Waals surface area contributed by atoms with E-state index < -0.39 is 23.6 Å². The summed E-state index contributed by atoms with van der Waals surface area (Å²) < 4.78 is 36.6. The van der Waals surface area contributed by atoms with Gasteiger partial charge in [0.15, 0.2) is 0 Å². The largest absolute Gasteiger partial charge is 0.463 e. The molecule has 0 saturated heterocycles. The number of halogens is 2. The molecule has 6 heteroatoms. The molecule has 188 valence electrons. The number of benzene rings is 2. The van der Waals surface area contributed by atoms with Gasteiger partial charge in [0.25, 0.3) is 0 Å². The molecule has 4 nitrogen and oxygen atoms in total. The number of ether oxygens (including phenoxy) is 1. The summed E-state index contributed by atoms with van der Waals surface area (Å²) in [6, 6.07) is 10.2. The number of aromatic amines is 1. The topological polar surface area (TPSA) is 45.3 Å². The zero-order valence-corrected chi connectivity index (χ0v) is 21.0. The molecule has 0 amide bonds. The summed E-state index contributed by atoms with van der Waals surface area (Å²) >= 11 is 0. The van der Waals surface area contributed by atoms with E-state index in [0.717, 1.165) is 41.0 Å². The second-order valence-corrected chi connectivity index (χ2v) is 11.5. The van der Waals surface area contributed by atoms with Gasteiger partial charge in [0.05, 0.1) is 12.6 Å². The molecule has 36 heavy (non-hydrogen) atoms. The minimum Gasteiger partial charge on any atom is -0.463 e. The first-order chi connectivity index (χ1) is 17.2. The fourth-order valence-corrected chi connectivity index (χ4v) is 6.82. The second-order valence-electron chi connectivity index (χ2n) is 11.5. The Morgan fingerprint density at radius 3 is 2.50 bits per heavy atom. The maximum absolute atomic E-state index is 15.9. The van der Waals surface area contributed by atoms with Crippen LogP contribution < -0.4 is 0 Å². The molecule has 1 atom stereocenters. The van der Waals surface area contributed by atoms with Crippen molar-refractivity contribution in [2.24, 2.45) is 11.3 Å². The van der Waals surface area contributed by atoms with Gasteiger partial charge in [0, 0.05) is 40.3 Å². The predicted octanol–water partition coefficient (Wildman–Crippen LogP) is 6.55. The van der Waals surface area contributed by atoms with Gasteiger partial charge in [-0.25, -0.2) is 13.6 Å². The molecule has 4 aliphatic rings. The van der Waals surface area contributed by atoms with E-state index in [2.05, 4.69) is 29.8 Å². The summed E-state index contributed by atoms with van der Waals surface area (Å²) in [5.74, 6) is -0.912. The van der Waals surface area contributed by atoms with Gasteiger partial charge >= 0.3 is 5.97 Å². The first kappa shape index (κ1) is 23.4. The SMILES string of the molecule is CCOC(=O)/C=C/c1cc(F)c(C2c3[nH]c4ccccc4c3CC(C)(C)N2CC23CC(C2)C3)c(F)c1. The van der Waals surface area contributed by atoms with Crippen LogP contribution in [-0.2, 0) is 16.0 Å². The molecule has 2 bridgehead atoms. The van der Waals surface area contributed by atoms with Crippen molar-refractivity contribution in [3.63, 3.8) is 0 Å². The molecule has 3 aromatic rings. The average Bonchev–Trinajstić information content (AvgIpc) is 3.12. The maximum atomic E-state index is 15.9. The van der Waals surface area contributed by atoms with Crippen molar-refractivity contribution >= 4 is 22.9 Å². The van der Waals surface area contributed by atoms with Crippen molar-refractivity contribution in [1.29, 1.82) is 0 Å². The molecule has 1 aromatic heterocycles. The predicted molar refractivity (Wildman–Crippen MR) is 136 cm³/mol. The first-order valence-corrected chi connectivity index (χ1v) is 12.9. The van der Waals surface area contributed by atoms with Crippen LogP contribution in [0.4, 0.5) is 8.78 Å². The van der Waals surface area contributed by atoms with E-state index in [1.165, 1.54) is 43.5 Å². The Bertz CT molecular complexity index is 1350. The first-order valence-electron chi connectivity index (χ1n) is 12.9. The highest BCUT2D eigenvalue weighted by molar-refractivity contribution is 5.87. The van der Waals surface area contributed by atoms with Crippen LogP contribution in [0.2, 0.25) is 0 Å². The summed E-state index contributed by atoms with van der Waals surface area (Å²) in [6.07, 6.45) is 7.06. The van der Waals surface area contributed by atoms with Crippen LogP contribution in [0.15, 0.2) is 42.5 Å². The van der Waals surface area contributed by atoms with Crippen molar-refractivity contribution in [1.82, 2.24) is 9.88 Å². The number of nitrogens with one attached hydrogen (secondary N) is 1. The van der Waals surface area contributed by atoms with Crippen molar-refractivity contribution in [3.8, 4) is 0 Å². The van der Waals surface area contributed by atoms with Crippen LogP contribution in [0.25, 0.3) is 17.0 Å². The van der Waals surface area contributed by atoms with Crippen LogP contribution in [0, 0.1) is 23.0 Å². The van der Waals surface area contributed by atoms with Gasteiger partial charge < -0.3 is 9.72 Å². The number of carbonyl (C=O) groups is 1. The molecular weight excluding hydrogens is 458 g/mol. The highest BCUT2D eigenvalue weighted by Crippen LogP contribution is 2.65. The van der Waals surface area contributed by atoms with Gasteiger partial charge in [-0.3, -0.25) is 4.90 Å². The summed E-state index contributed by atoms with van der Waals surface area (Å²) in [7, 11) is 0. The van der Waals surface area contributed by atoms with Crippen LogP contribution in [0.1, 0.15) is 68.5 Å². The third kappa shape index (κ3) is 3.69. The van der Waals surface area contributed by atoms with Crippen LogP contribution in [0.5, 0.6) is 0 Å². The second kappa shape index (κ2) is 8.27. The van der Waals surface area contributed by atoms with E-state index in [1.54, 1.807) is 6.92 Å². The summed E-state index contributed by atoms with van der Waals surface area (Å²) in [6.45, 7) is 7.18. The Hall–Kier alpha value is -2.99. The fraction of sp³-hybridized carbons (Fsp3) is 0.433. The van der Waals surface area contributed by atoms with E-state index >= 15 is 8.78 Å². The molecule has 0 radical (unpaired) electrons. The van der Waals surface area contributed by atoms with Gasteiger partial charge in [-0.2, -0.15) is 0 Å². The Morgan fingerprint density at radius 1 is 1.17 bits per heavy atom. The Balaban J connectivity index is 1.47. The number of esters is 1. The van der Waals surface area contributed by atoms with Gasteiger partial charge in [-0.15, -0.1) is 0 Å². The number of aromatic nitrogens is 1. The van der Waals surface area contributed by atoms with Gasteiger partial charge in [0.2, 0.25) is 0 Å². The van der Waals surface area contributed by atoms with Crippen molar-refractivity contribution in [2.75, 3.05) is 13.2 Å². The highest BCUT2D eigenvalue weighted by atomic mass is 19.1. The number of carbonyl (C=O) groups excluding carboxylic acids is 1. The lowest BCUT2D eigenvalue weighted by Crippen LogP contribution is -2.62. The summed E-state index contributed by atoms with van der Waals surface area (Å²) in [5, 5.41) is 1.12. The Kier molecular flexibility index (Phi) is 5.38. The monoisotopic (exact) mass is 490 g/mol.